The molecule has 0 spiro atoms. The van der Waals surface area contributed by atoms with Gasteiger partial charge in [-0.1, -0.05) is 22.0 Å². The van der Waals surface area contributed by atoms with Gasteiger partial charge in [0.1, 0.15) is 25.1 Å². The van der Waals surface area contributed by atoms with Crippen LogP contribution in [-0.4, -0.2) is 13.2 Å². The molecule has 0 aliphatic carbocycles. The van der Waals surface area contributed by atoms with Crippen LogP contribution in [0.3, 0.4) is 0 Å². The Kier molecular flexibility index (Phi) is 3.15. The average molecular weight is 359 g/mol. The van der Waals surface area contributed by atoms with Crippen LogP contribution < -0.4 is 14.9 Å². The van der Waals surface area contributed by atoms with Crippen molar-refractivity contribution >= 4 is 26.9 Å². The van der Waals surface area contributed by atoms with Gasteiger partial charge in [0.25, 0.3) is 0 Å². The van der Waals surface area contributed by atoms with Gasteiger partial charge in [0.2, 0.25) is 5.43 Å². The summed E-state index contributed by atoms with van der Waals surface area (Å²) in [7, 11) is 0. The summed E-state index contributed by atoms with van der Waals surface area (Å²) < 4.78 is 17.5. The van der Waals surface area contributed by atoms with Gasteiger partial charge >= 0.3 is 0 Å². The average Bonchev–Trinajstić information content (AvgIpc) is 2.55. The van der Waals surface area contributed by atoms with Crippen molar-refractivity contribution < 1.29 is 13.9 Å². The fraction of sp³-hybridized carbons (Fsp3) is 0.118. The lowest BCUT2D eigenvalue weighted by Crippen LogP contribution is -2.15. The summed E-state index contributed by atoms with van der Waals surface area (Å²) in [5.74, 6) is 1.35. The summed E-state index contributed by atoms with van der Waals surface area (Å²) in [6.07, 6.45) is 1.49. The van der Waals surface area contributed by atoms with Crippen LogP contribution >= 0.6 is 15.9 Å². The van der Waals surface area contributed by atoms with Gasteiger partial charge in [-0.25, -0.2) is 0 Å². The fourth-order valence-electron chi connectivity index (χ4n) is 2.51. The molecule has 1 aliphatic heterocycles. The third-order valence-corrected chi connectivity index (χ3v) is 4.08. The van der Waals surface area contributed by atoms with Crippen molar-refractivity contribution in [3.63, 3.8) is 0 Å². The van der Waals surface area contributed by atoms with Crippen LogP contribution in [0.25, 0.3) is 22.1 Å². The van der Waals surface area contributed by atoms with E-state index in [0.29, 0.717) is 41.2 Å². The Bertz CT molecular complexity index is 930. The molecule has 0 amide bonds. The Hall–Kier alpha value is -2.27. The van der Waals surface area contributed by atoms with Crippen LogP contribution in [0.4, 0.5) is 0 Å². The van der Waals surface area contributed by atoms with Crippen molar-refractivity contribution in [3.8, 4) is 22.6 Å². The van der Waals surface area contributed by atoms with Gasteiger partial charge in [0, 0.05) is 4.47 Å². The van der Waals surface area contributed by atoms with Crippen molar-refractivity contribution in [2.45, 2.75) is 0 Å². The van der Waals surface area contributed by atoms with Crippen LogP contribution in [0.15, 0.2) is 56.3 Å². The van der Waals surface area contributed by atoms with Crippen molar-refractivity contribution in [1.29, 1.82) is 0 Å². The molecule has 0 bridgehead atoms. The highest BCUT2D eigenvalue weighted by molar-refractivity contribution is 9.10. The third-order valence-electron chi connectivity index (χ3n) is 3.59. The SMILES string of the molecule is O=c1c(-c2ccc3c(c2)OCCO3)coc2ccc(Br)cc12. The second-order valence-corrected chi connectivity index (χ2v) is 5.89. The molecule has 22 heavy (non-hydrogen) atoms. The zero-order valence-electron chi connectivity index (χ0n) is 11.5. The van der Waals surface area contributed by atoms with Gasteiger partial charge in [0.15, 0.2) is 11.5 Å². The van der Waals surface area contributed by atoms with E-state index in [9.17, 15) is 4.79 Å². The predicted octanol–water partition coefficient (Wildman–Crippen LogP) is 3.99. The molecule has 0 unspecified atom stereocenters. The van der Waals surface area contributed by atoms with E-state index in [1.807, 2.05) is 24.3 Å². The summed E-state index contributed by atoms with van der Waals surface area (Å²) in [5, 5.41) is 0.543. The zero-order valence-corrected chi connectivity index (χ0v) is 13.1. The maximum absolute atomic E-state index is 12.7. The zero-order chi connectivity index (χ0) is 15.1. The highest BCUT2D eigenvalue weighted by atomic mass is 79.9. The Morgan fingerprint density at radius 1 is 0.955 bits per heavy atom. The molecule has 0 fully saturated rings. The minimum Gasteiger partial charge on any atom is -0.486 e. The van der Waals surface area contributed by atoms with E-state index in [-0.39, 0.29) is 5.43 Å². The molecule has 110 valence electrons. The number of fused-ring (bicyclic) bond motifs is 2. The quantitative estimate of drug-likeness (QED) is 0.659. The lowest BCUT2D eigenvalue weighted by atomic mass is 10.0. The molecule has 1 aliphatic rings. The highest BCUT2D eigenvalue weighted by Crippen LogP contribution is 2.34. The van der Waals surface area contributed by atoms with Gasteiger partial charge in [-0.2, -0.15) is 0 Å². The van der Waals surface area contributed by atoms with E-state index >= 15 is 0 Å². The van der Waals surface area contributed by atoms with Crippen LogP contribution in [0.1, 0.15) is 0 Å². The van der Waals surface area contributed by atoms with E-state index in [1.165, 1.54) is 6.26 Å². The number of ether oxygens (including phenoxy) is 2. The summed E-state index contributed by atoms with van der Waals surface area (Å²) in [6.45, 7) is 1.05. The minimum absolute atomic E-state index is 0.0702. The molecule has 4 nitrogen and oxygen atoms in total. The molecule has 0 atom stereocenters. The van der Waals surface area contributed by atoms with E-state index in [2.05, 4.69) is 15.9 Å². The van der Waals surface area contributed by atoms with E-state index in [1.54, 1.807) is 12.1 Å². The maximum Gasteiger partial charge on any atom is 0.200 e. The van der Waals surface area contributed by atoms with Gasteiger partial charge in [-0.3, -0.25) is 4.79 Å². The monoisotopic (exact) mass is 358 g/mol. The van der Waals surface area contributed by atoms with Gasteiger partial charge in [-0.15, -0.1) is 0 Å². The Morgan fingerprint density at radius 3 is 2.64 bits per heavy atom. The number of benzene rings is 2. The highest BCUT2D eigenvalue weighted by Gasteiger charge is 2.15. The summed E-state index contributed by atoms with van der Waals surface area (Å²) in [4.78, 5) is 12.7. The van der Waals surface area contributed by atoms with Crippen molar-refractivity contribution in [2.75, 3.05) is 13.2 Å². The molecule has 0 saturated heterocycles. The molecule has 5 heteroatoms. The molecular formula is C17H11BrO4. The molecule has 2 heterocycles. The largest absolute Gasteiger partial charge is 0.486 e. The summed E-state index contributed by atoms with van der Waals surface area (Å²) in [6, 6.07) is 10.8. The van der Waals surface area contributed by atoms with Crippen LogP contribution in [0.2, 0.25) is 0 Å². The molecule has 1 aromatic heterocycles. The topological polar surface area (TPSA) is 48.7 Å². The molecule has 0 saturated carbocycles. The molecule has 0 radical (unpaired) electrons. The van der Waals surface area contributed by atoms with Crippen molar-refractivity contribution in [1.82, 2.24) is 0 Å². The van der Waals surface area contributed by atoms with E-state index < -0.39 is 0 Å². The number of rotatable bonds is 1. The van der Waals surface area contributed by atoms with E-state index in [4.69, 9.17) is 13.9 Å². The molecule has 0 N–H and O–H groups in total. The molecule has 3 aromatic rings. The fourth-order valence-corrected chi connectivity index (χ4v) is 2.87. The van der Waals surface area contributed by atoms with E-state index in [0.717, 1.165) is 10.0 Å². The van der Waals surface area contributed by atoms with Crippen LogP contribution in [-0.2, 0) is 0 Å². The van der Waals surface area contributed by atoms with Gasteiger partial charge in [0.05, 0.1) is 10.9 Å². The first kappa shape index (κ1) is 13.4. The third kappa shape index (κ3) is 2.18. The maximum atomic E-state index is 12.7. The predicted molar refractivity (Wildman–Crippen MR) is 86.6 cm³/mol. The van der Waals surface area contributed by atoms with Crippen molar-refractivity contribution in [3.05, 3.63) is 57.4 Å². The number of hydrogen-bond acceptors (Lipinski definition) is 4. The van der Waals surface area contributed by atoms with Gasteiger partial charge in [-0.05, 0) is 35.9 Å². The molecular weight excluding hydrogens is 348 g/mol. The normalized spacial score (nSPS) is 13.3. The first-order chi connectivity index (χ1) is 10.7. The summed E-state index contributed by atoms with van der Waals surface area (Å²) >= 11 is 3.38. The van der Waals surface area contributed by atoms with Crippen LogP contribution in [0.5, 0.6) is 11.5 Å². The Morgan fingerprint density at radius 2 is 1.77 bits per heavy atom. The standard InChI is InChI=1S/C17H11BrO4/c18-11-2-4-14-12(8-11)17(19)13(9-22-14)10-1-3-15-16(7-10)21-6-5-20-15/h1-4,7-9H,5-6H2. The van der Waals surface area contributed by atoms with Crippen LogP contribution in [0, 0.1) is 0 Å². The van der Waals surface area contributed by atoms with Crippen molar-refractivity contribution in [2.24, 2.45) is 0 Å². The lowest BCUT2D eigenvalue weighted by Gasteiger charge is -2.18. The molecule has 4 rings (SSSR count). The first-order valence-corrected chi connectivity index (χ1v) is 7.63. The summed E-state index contributed by atoms with van der Waals surface area (Å²) in [5.41, 5.74) is 1.75. The second-order valence-electron chi connectivity index (χ2n) is 4.98. The smallest absolute Gasteiger partial charge is 0.200 e. The lowest BCUT2D eigenvalue weighted by molar-refractivity contribution is 0.171. The second kappa shape index (κ2) is 5.18. The van der Waals surface area contributed by atoms with Gasteiger partial charge < -0.3 is 13.9 Å². The minimum atomic E-state index is -0.0702. The first-order valence-electron chi connectivity index (χ1n) is 6.83. The molecule has 2 aromatic carbocycles. The number of halogens is 1. The number of hydrogen-bond donors (Lipinski definition) is 0. The Labute approximate surface area is 134 Å². The Balaban J connectivity index is 1.91.